The van der Waals surface area contributed by atoms with Crippen LogP contribution in [0, 0.1) is 0 Å². The van der Waals surface area contributed by atoms with Crippen LogP contribution in [0.2, 0.25) is 0 Å². The summed E-state index contributed by atoms with van der Waals surface area (Å²) in [5.74, 6) is 2.19. The summed E-state index contributed by atoms with van der Waals surface area (Å²) in [6, 6.07) is 7.25. The first kappa shape index (κ1) is 14.4. The lowest BCUT2D eigenvalue weighted by atomic mass is 10.3. The second kappa shape index (κ2) is 6.46. The molecule has 2 aromatic rings. The fourth-order valence-corrected chi connectivity index (χ4v) is 2.31. The van der Waals surface area contributed by atoms with Gasteiger partial charge in [-0.2, -0.15) is 0 Å². The highest BCUT2D eigenvalue weighted by molar-refractivity contribution is 5.77. The average Bonchev–Trinajstić information content (AvgIpc) is 3.01. The molecule has 0 N–H and O–H groups in total. The van der Waals surface area contributed by atoms with Crippen LogP contribution in [0.3, 0.4) is 0 Å². The van der Waals surface area contributed by atoms with Crippen LogP contribution in [0.5, 0.6) is 11.5 Å². The lowest BCUT2D eigenvalue weighted by Crippen LogP contribution is -2.40. The predicted octanol–water partition coefficient (Wildman–Crippen LogP) is 1.10. The molecule has 1 aromatic carbocycles. The van der Waals surface area contributed by atoms with Gasteiger partial charge in [0.15, 0.2) is 12.4 Å². The van der Waals surface area contributed by atoms with E-state index >= 15 is 0 Å². The van der Waals surface area contributed by atoms with Crippen LogP contribution in [-0.2, 0) is 17.9 Å². The number of carbonyl (C=O) groups is 1. The van der Waals surface area contributed by atoms with Crippen LogP contribution in [0.4, 0.5) is 0 Å². The number of rotatable bonds is 5. The van der Waals surface area contributed by atoms with Crippen LogP contribution >= 0.6 is 0 Å². The molecule has 1 aliphatic rings. The Kier molecular flexibility index (Phi) is 4.22. The SMILES string of the molecule is CCOc1ccc(OCC(=O)N2CCn3cnnc3C2)cc1. The van der Waals surface area contributed by atoms with Crippen LogP contribution in [0.15, 0.2) is 30.6 Å². The zero-order valence-electron chi connectivity index (χ0n) is 12.4. The van der Waals surface area contributed by atoms with E-state index in [1.54, 1.807) is 23.4 Å². The summed E-state index contributed by atoms with van der Waals surface area (Å²) in [7, 11) is 0. The molecule has 0 fully saturated rings. The third kappa shape index (κ3) is 3.19. The number of aromatic nitrogens is 3. The maximum atomic E-state index is 12.2. The highest BCUT2D eigenvalue weighted by atomic mass is 16.5. The van der Waals surface area contributed by atoms with Crippen molar-refractivity contribution < 1.29 is 14.3 Å². The predicted molar refractivity (Wildman–Crippen MR) is 78.5 cm³/mol. The Morgan fingerprint density at radius 3 is 2.64 bits per heavy atom. The molecule has 0 spiro atoms. The van der Waals surface area contributed by atoms with Crippen molar-refractivity contribution in [2.24, 2.45) is 0 Å². The monoisotopic (exact) mass is 302 g/mol. The molecular weight excluding hydrogens is 284 g/mol. The number of carbonyl (C=O) groups excluding carboxylic acids is 1. The normalized spacial score (nSPS) is 13.6. The van der Waals surface area contributed by atoms with E-state index in [2.05, 4.69) is 10.2 Å². The van der Waals surface area contributed by atoms with Gasteiger partial charge in [0.1, 0.15) is 17.8 Å². The van der Waals surface area contributed by atoms with Gasteiger partial charge in [0.2, 0.25) is 0 Å². The van der Waals surface area contributed by atoms with Gasteiger partial charge in [-0.25, -0.2) is 0 Å². The van der Waals surface area contributed by atoms with Gasteiger partial charge in [-0.1, -0.05) is 0 Å². The van der Waals surface area contributed by atoms with Gasteiger partial charge < -0.3 is 18.9 Å². The number of hydrogen-bond acceptors (Lipinski definition) is 5. The lowest BCUT2D eigenvalue weighted by molar-refractivity contribution is -0.134. The summed E-state index contributed by atoms with van der Waals surface area (Å²) in [4.78, 5) is 13.9. The fraction of sp³-hybridized carbons (Fsp3) is 0.400. The van der Waals surface area contributed by atoms with Crippen molar-refractivity contribution in [2.45, 2.75) is 20.0 Å². The third-order valence-corrected chi connectivity index (χ3v) is 3.49. The number of hydrogen-bond donors (Lipinski definition) is 0. The molecule has 0 radical (unpaired) electrons. The van der Waals surface area contributed by atoms with Crippen LogP contribution in [0.25, 0.3) is 0 Å². The van der Waals surface area contributed by atoms with Gasteiger partial charge in [0, 0.05) is 13.1 Å². The Morgan fingerprint density at radius 2 is 1.91 bits per heavy atom. The Hall–Kier alpha value is -2.57. The lowest BCUT2D eigenvalue weighted by Gasteiger charge is -2.26. The summed E-state index contributed by atoms with van der Waals surface area (Å²) >= 11 is 0. The minimum absolute atomic E-state index is 0.0160. The van der Waals surface area contributed by atoms with Crippen LogP contribution < -0.4 is 9.47 Å². The Balaban J connectivity index is 1.52. The summed E-state index contributed by atoms with van der Waals surface area (Å²) in [5.41, 5.74) is 0. The molecule has 0 saturated carbocycles. The van der Waals surface area contributed by atoms with Crippen LogP contribution in [-0.4, -0.2) is 45.3 Å². The van der Waals surface area contributed by atoms with Crippen molar-refractivity contribution in [2.75, 3.05) is 19.8 Å². The van der Waals surface area contributed by atoms with Gasteiger partial charge in [-0.05, 0) is 31.2 Å². The van der Waals surface area contributed by atoms with Crippen molar-refractivity contribution in [1.82, 2.24) is 19.7 Å². The minimum atomic E-state index is -0.0527. The van der Waals surface area contributed by atoms with E-state index in [0.29, 0.717) is 25.4 Å². The van der Waals surface area contributed by atoms with E-state index < -0.39 is 0 Å². The Morgan fingerprint density at radius 1 is 1.18 bits per heavy atom. The molecule has 2 heterocycles. The Labute approximate surface area is 128 Å². The van der Waals surface area contributed by atoms with Crippen LogP contribution in [0.1, 0.15) is 12.7 Å². The largest absolute Gasteiger partial charge is 0.494 e. The van der Waals surface area contributed by atoms with Crippen molar-refractivity contribution in [3.8, 4) is 11.5 Å². The molecule has 1 aliphatic heterocycles. The number of nitrogens with zero attached hydrogens (tertiary/aromatic N) is 4. The molecule has 7 heteroatoms. The van der Waals surface area contributed by atoms with Crippen molar-refractivity contribution in [3.63, 3.8) is 0 Å². The van der Waals surface area contributed by atoms with Gasteiger partial charge in [-0.15, -0.1) is 10.2 Å². The number of amides is 1. The summed E-state index contributed by atoms with van der Waals surface area (Å²) < 4.78 is 12.9. The van der Waals surface area contributed by atoms with E-state index in [4.69, 9.17) is 9.47 Å². The third-order valence-electron chi connectivity index (χ3n) is 3.49. The molecule has 22 heavy (non-hydrogen) atoms. The molecule has 0 saturated heterocycles. The van der Waals surface area contributed by atoms with Gasteiger partial charge >= 0.3 is 0 Å². The van der Waals surface area contributed by atoms with E-state index in [0.717, 1.165) is 18.1 Å². The molecule has 0 aliphatic carbocycles. The van der Waals surface area contributed by atoms with Crippen molar-refractivity contribution in [3.05, 3.63) is 36.4 Å². The molecule has 1 aromatic heterocycles. The molecule has 0 bridgehead atoms. The van der Waals surface area contributed by atoms with E-state index in [1.807, 2.05) is 23.6 Å². The number of fused-ring (bicyclic) bond motifs is 1. The maximum absolute atomic E-state index is 12.2. The molecular formula is C15H18N4O3. The smallest absolute Gasteiger partial charge is 0.260 e. The van der Waals surface area contributed by atoms with E-state index in [-0.39, 0.29) is 12.5 Å². The second-order valence-corrected chi connectivity index (χ2v) is 4.95. The summed E-state index contributed by atoms with van der Waals surface area (Å²) in [5, 5.41) is 7.85. The second-order valence-electron chi connectivity index (χ2n) is 4.95. The highest BCUT2D eigenvalue weighted by Gasteiger charge is 2.21. The first-order valence-corrected chi connectivity index (χ1v) is 7.26. The summed E-state index contributed by atoms with van der Waals surface area (Å²) in [6.45, 7) is 4.42. The molecule has 116 valence electrons. The van der Waals surface area contributed by atoms with Crippen molar-refractivity contribution >= 4 is 5.91 Å². The van der Waals surface area contributed by atoms with E-state index in [9.17, 15) is 4.79 Å². The summed E-state index contributed by atoms with van der Waals surface area (Å²) in [6.07, 6.45) is 1.69. The first-order valence-electron chi connectivity index (χ1n) is 7.26. The van der Waals surface area contributed by atoms with Gasteiger partial charge in [-0.3, -0.25) is 4.79 Å². The number of benzene rings is 1. The average molecular weight is 302 g/mol. The van der Waals surface area contributed by atoms with Gasteiger partial charge in [0.05, 0.1) is 13.2 Å². The molecule has 1 amide bonds. The molecule has 0 atom stereocenters. The first-order chi connectivity index (χ1) is 10.8. The quantitative estimate of drug-likeness (QED) is 0.827. The zero-order valence-corrected chi connectivity index (χ0v) is 12.4. The zero-order chi connectivity index (χ0) is 15.4. The highest BCUT2D eigenvalue weighted by Crippen LogP contribution is 2.18. The topological polar surface area (TPSA) is 69.5 Å². The van der Waals surface area contributed by atoms with Crippen molar-refractivity contribution in [1.29, 1.82) is 0 Å². The Bertz CT molecular complexity index is 638. The van der Waals surface area contributed by atoms with Gasteiger partial charge in [0.25, 0.3) is 5.91 Å². The minimum Gasteiger partial charge on any atom is -0.494 e. The maximum Gasteiger partial charge on any atom is 0.260 e. The molecule has 7 nitrogen and oxygen atoms in total. The molecule has 3 rings (SSSR count). The van der Waals surface area contributed by atoms with E-state index in [1.165, 1.54) is 0 Å². The standard InChI is InChI=1S/C15H18N4O3/c1-2-21-12-3-5-13(6-4-12)22-10-15(20)18-7-8-19-11-16-17-14(19)9-18/h3-6,11H,2,7-10H2,1H3. The molecule has 0 unspecified atom stereocenters. The fourth-order valence-electron chi connectivity index (χ4n) is 2.31. The number of ether oxygens (including phenoxy) is 2.